The van der Waals surface area contributed by atoms with Gasteiger partial charge in [-0.15, -0.1) is 0 Å². The fraction of sp³-hybridized carbons (Fsp3) is 0.471. The second-order valence-corrected chi connectivity index (χ2v) is 6.43. The molecular formula is C17H20FN3O4. The van der Waals surface area contributed by atoms with Crippen molar-refractivity contribution in [2.24, 2.45) is 5.16 Å². The third-order valence-corrected chi connectivity index (χ3v) is 4.40. The molecule has 1 fully saturated rings. The predicted octanol–water partition coefficient (Wildman–Crippen LogP) is 0.939. The van der Waals surface area contributed by atoms with E-state index in [1.165, 1.54) is 13.0 Å². The molecule has 1 amide bonds. The van der Waals surface area contributed by atoms with Crippen LogP contribution >= 0.6 is 0 Å². The number of aliphatic carboxylic acids is 1. The Balaban J connectivity index is 1.58. The average molecular weight is 349 g/mol. The molecule has 25 heavy (non-hydrogen) atoms. The van der Waals surface area contributed by atoms with E-state index in [9.17, 15) is 14.0 Å². The SMILES string of the molecule is CC(=O)NCC1CC(c2ccc(C3CN(CC(=O)O)C3)c(F)c2)=NO1. The average Bonchev–Trinajstić information content (AvgIpc) is 2.97. The summed E-state index contributed by atoms with van der Waals surface area (Å²) in [6, 6.07) is 4.98. The molecule has 1 atom stereocenters. The summed E-state index contributed by atoms with van der Waals surface area (Å²) in [5.41, 5.74) is 1.91. The van der Waals surface area contributed by atoms with Gasteiger partial charge in [-0.3, -0.25) is 14.5 Å². The van der Waals surface area contributed by atoms with Gasteiger partial charge in [-0.05, 0) is 11.6 Å². The van der Waals surface area contributed by atoms with E-state index in [2.05, 4.69) is 10.5 Å². The molecule has 1 saturated heterocycles. The van der Waals surface area contributed by atoms with Crippen LogP contribution in [0.3, 0.4) is 0 Å². The molecule has 0 saturated carbocycles. The fourth-order valence-corrected chi connectivity index (χ4v) is 3.09. The van der Waals surface area contributed by atoms with Gasteiger partial charge in [-0.1, -0.05) is 17.3 Å². The fourth-order valence-electron chi connectivity index (χ4n) is 3.09. The molecule has 2 aliphatic rings. The number of halogens is 1. The van der Waals surface area contributed by atoms with Gasteiger partial charge in [0.15, 0.2) is 0 Å². The number of hydrogen-bond acceptors (Lipinski definition) is 5. The molecule has 1 aromatic rings. The number of likely N-dealkylation sites (tertiary alicyclic amines) is 1. The molecule has 1 aromatic carbocycles. The summed E-state index contributed by atoms with van der Waals surface area (Å²) < 4.78 is 14.4. The zero-order chi connectivity index (χ0) is 18.0. The Morgan fingerprint density at radius 3 is 2.84 bits per heavy atom. The van der Waals surface area contributed by atoms with Crippen LogP contribution in [0.2, 0.25) is 0 Å². The summed E-state index contributed by atoms with van der Waals surface area (Å²) in [7, 11) is 0. The van der Waals surface area contributed by atoms with Crippen molar-refractivity contribution in [1.82, 2.24) is 10.2 Å². The van der Waals surface area contributed by atoms with Crippen LogP contribution in [0.25, 0.3) is 0 Å². The highest BCUT2D eigenvalue weighted by molar-refractivity contribution is 6.01. The number of amides is 1. The lowest BCUT2D eigenvalue weighted by atomic mass is 9.89. The number of rotatable bonds is 6. The number of hydrogen-bond donors (Lipinski definition) is 2. The Morgan fingerprint density at radius 2 is 2.20 bits per heavy atom. The lowest BCUT2D eigenvalue weighted by molar-refractivity contribution is -0.139. The zero-order valence-corrected chi connectivity index (χ0v) is 13.9. The molecule has 0 aromatic heterocycles. The molecule has 7 nitrogen and oxygen atoms in total. The van der Waals surface area contributed by atoms with Crippen LogP contribution in [0.4, 0.5) is 4.39 Å². The van der Waals surface area contributed by atoms with E-state index in [-0.39, 0.29) is 30.3 Å². The second-order valence-electron chi connectivity index (χ2n) is 6.43. The monoisotopic (exact) mass is 349 g/mol. The van der Waals surface area contributed by atoms with Crippen LogP contribution in [0, 0.1) is 5.82 Å². The Labute approximate surface area is 144 Å². The van der Waals surface area contributed by atoms with Gasteiger partial charge in [0.25, 0.3) is 0 Å². The number of carbonyl (C=O) groups excluding carboxylic acids is 1. The normalized spacial score (nSPS) is 20.6. The van der Waals surface area contributed by atoms with Crippen LogP contribution < -0.4 is 5.32 Å². The van der Waals surface area contributed by atoms with E-state index in [1.807, 2.05) is 0 Å². The Morgan fingerprint density at radius 1 is 1.44 bits per heavy atom. The first-order valence-corrected chi connectivity index (χ1v) is 8.13. The van der Waals surface area contributed by atoms with E-state index in [0.29, 0.717) is 42.9 Å². The van der Waals surface area contributed by atoms with Gasteiger partial charge in [0.1, 0.15) is 11.9 Å². The lowest BCUT2D eigenvalue weighted by Crippen LogP contribution is -2.47. The van der Waals surface area contributed by atoms with Gasteiger partial charge >= 0.3 is 5.97 Å². The number of carboxylic acids is 1. The van der Waals surface area contributed by atoms with E-state index in [4.69, 9.17) is 9.94 Å². The van der Waals surface area contributed by atoms with Crippen molar-refractivity contribution in [2.75, 3.05) is 26.2 Å². The third kappa shape index (κ3) is 4.14. The smallest absolute Gasteiger partial charge is 0.317 e. The van der Waals surface area contributed by atoms with E-state index in [1.54, 1.807) is 17.0 Å². The molecule has 3 rings (SSSR count). The molecule has 2 N–H and O–H groups in total. The minimum absolute atomic E-state index is 0.0139. The number of oxime groups is 1. The maximum absolute atomic E-state index is 14.4. The van der Waals surface area contributed by atoms with E-state index >= 15 is 0 Å². The van der Waals surface area contributed by atoms with Crippen molar-refractivity contribution in [3.63, 3.8) is 0 Å². The Hall–Kier alpha value is -2.48. The largest absolute Gasteiger partial charge is 0.480 e. The highest BCUT2D eigenvalue weighted by Gasteiger charge is 2.31. The Kier molecular flexibility index (Phi) is 4.98. The molecular weight excluding hydrogens is 329 g/mol. The van der Waals surface area contributed by atoms with E-state index in [0.717, 1.165) is 0 Å². The lowest BCUT2D eigenvalue weighted by Gasteiger charge is -2.38. The van der Waals surface area contributed by atoms with Gasteiger partial charge in [0, 0.05) is 37.9 Å². The molecule has 2 heterocycles. The summed E-state index contributed by atoms with van der Waals surface area (Å²) >= 11 is 0. The minimum atomic E-state index is -0.873. The standard InChI is InChI=1S/C17H20FN3O4/c1-10(22)19-6-13-5-16(20-25-13)11-2-3-14(15(18)4-11)12-7-21(8-12)9-17(23)24/h2-4,12-13H,5-9H2,1H3,(H,19,22)(H,23,24). The van der Waals surface area contributed by atoms with Crippen LogP contribution in [0.1, 0.15) is 30.4 Å². The van der Waals surface area contributed by atoms with Crippen LogP contribution in [-0.4, -0.2) is 59.9 Å². The molecule has 0 bridgehead atoms. The van der Waals surface area contributed by atoms with Gasteiger partial charge in [0.2, 0.25) is 5.91 Å². The minimum Gasteiger partial charge on any atom is -0.480 e. The first-order chi connectivity index (χ1) is 11.9. The first-order valence-electron chi connectivity index (χ1n) is 8.13. The molecule has 0 aliphatic carbocycles. The van der Waals surface area contributed by atoms with Crippen LogP contribution in [-0.2, 0) is 14.4 Å². The highest BCUT2D eigenvalue weighted by atomic mass is 19.1. The van der Waals surface area contributed by atoms with Gasteiger partial charge < -0.3 is 15.3 Å². The molecule has 2 aliphatic heterocycles. The molecule has 1 unspecified atom stereocenters. The van der Waals surface area contributed by atoms with Crippen molar-refractivity contribution in [1.29, 1.82) is 0 Å². The van der Waals surface area contributed by atoms with Crippen molar-refractivity contribution in [3.05, 3.63) is 35.1 Å². The zero-order valence-electron chi connectivity index (χ0n) is 13.9. The number of benzene rings is 1. The van der Waals surface area contributed by atoms with Gasteiger partial charge in [-0.25, -0.2) is 4.39 Å². The number of nitrogens with zero attached hydrogens (tertiary/aromatic N) is 2. The number of nitrogens with one attached hydrogen (secondary N) is 1. The number of carbonyl (C=O) groups is 2. The van der Waals surface area contributed by atoms with Crippen LogP contribution in [0.15, 0.2) is 23.4 Å². The molecule has 0 spiro atoms. The van der Waals surface area contributed by atoms with Crippen molar-refractivity contribution in [3.8, 4) is 0 Å². The summed E-state index contributed by atoms with van der Waals surface area (Å²) in [6.45, 7) is 2.88. The summed E-state index contributed by atoms with van der Waals surface area (Å²) in [6.07, 6.45) is 0.271. The molecule has 0 radical (unpaired) electrons. The van der Waals surface area contributed by atoms with Crippen molar-refractivity contribution in [2.45, 2.75) is 25.4 Å². The quantitative estimate of drug-likeness (QED) is 0.798. The maximum atomic E-state index is 14.4. The van der Waals surface area contributed by atoms with E-state index < -0.39 is 5.97 Å². The number of carboxylic acid groups (broad SMARTS) is 1. The maximum Gasteiger partial charge on any atom is 0.317 e. The highest BCUT2D eigenvalue weighted by Crippen LogP contribution is 2.30. The summed E-state index contributed by atoms with van der Waals surface area (Å²) in [5, 5.41) is 15.4. The Bertz CT molecular complexity index is 716. The van der Waals surface area contributed by atoms with Gasteiger partial charge in [-0.2, -0.15) is 0 Å². The van der Waals surface area contributed by atoms with Crippen molar-refractivity contribution >= 4 is 17.6 Å². The third-order valence-electron chi connectivity index (χ3n) is 4.40. The predicted molar refractivity (Wildman–Crippen MR) is 87.9 cm³/mol. The summed E-state index contributed by atoms with van der Waals surface area (Å²) in [4.78, 5) is 28.6. The summed E-state index contributed by atoms with van der Waals surface area (Å²) in [5.74, 6) is -1.31. The second kappa shape index (κ2) is 7.18. The van der Waals surface area contributed by atoms with Crippen molar-refractivity contribution < 1.29 is 23.9 Å². The topological polar surface area (TPSA) is 91.2 Å². The van der Waals surface area contributed by atoms with Crippen LogP contribution in [0.5, 0.6) is 0 Å². The van der Waals surface area contributed by atoms with Gasteiger partial charge in [0.05, 0.1) is 18.8 Å². The first kappa shape index (κ1) is 17.3. The molecule has 134 valence electrons. The molecule has 8 heteroatoms.